The molecular weight excluding hydrogens is 214 g/mol. The van der Waals surface area contributed by atoms with Gasteiger partial charge >= 0.3 is 0 Å². The van der Waals surface area contributed by atoms with Crippen LogP contribution in [0.25, 0.3) is 0 Å². The lowest BCUT2D eigenvalue weighted by Crippen LogP contribution is -2.22. The molecule has 1 rings (SSSR count). The number of rotatable bonds is 6. The second-order valence-corrected chi connectivity index (χ2v) is 4.99. The van der Waals surface area contributed by atoms with Crippen molar-refractivity contribution in [1.29, 1.82) is 0 Å². The fourth-order valence-electron chi connectivity index (χ4n) is 1.43. The van der Waals surface area contributed by atoms with Crippen LogP contribution in [0, 0.1) is 0 Å². The zero-order valence-electron chi connectivity index (χ0n) is 11.0. The van der Waals surface area contributed by atoms with E-state index in [2.05, 4.69) is 0 Å². The van der Waals surface area contributed by atoms with Gasteiger partial charge in [0.1, 0.15) is 12.4 Å². The molecule has 1 aromatic rings. The topological polar surface area (TPSA) is 44.5 Å². The standard InChI is InChI=1S/C14H23NO2/c1-14(2,3)17-11-10-16-13-6-4-12(5-7-13)8-9-15/h4-7H,8-11,15H2,1-3H3. The van der Waals surface area contributed by atoms with Crippen molar-refractivity contribution in [2.75, 3.05) is 19.8 Å². The Morgan fingerprint density at radius 2 is 1.71 bits per heavy atom. The Hall–Kier alpha value is -1.06. The molecule has 3 nitrogen and oxygen atoms in total. The van der Waals surface area contributed by atoms with E-state index in [1.165, 1.54) is 5.56 Å². The van der Waals surface area contributed by atoms with Crippen molar-refractivity contribution in [2.45, 2.75) is 32.8 Å². The van der Waals surface area contributed by atoms with Gasteiger partial charge in [0.25, 0.3) is 0 Å². The van der Waals surface area contributed by atoms with E-state index < -0.39 is 0 Å². The molecule has 0 unspecified atom stereocenters. The number of hydrogen-bond donors (Lipinski definition) is 1. The molecule has 1 aromatic carbocycles. The Balaban J connectivity index is 2.27. The Bertz CT molecular complexity index is 314. The summed E-state index contributed by atoms with van der Waals surface area (Å²) in [7, 11) is 0. The van der Waals surface area contributed by atoms with Gasteiger partial charge in [0.2, 0.25) is 0 Å². The summed E-state index contributed by atoms with van der Waals surface area (Å²) in [6, 6.07) is 8.05. The van der Waals surface area contributed by atoms with Crippen molar-refractivity contribution < 1.29 is 9.47 Å². The van der Waals surface area contributed by atoms with Crippen LogP contribution < -0.4 is 10.5 Å². The lowest BCUT2D eigenvalue weighted by Gasteiger charge is -2.19. The van der Waals surface area contributed by atoms with Crippen molar-refractivity contribution in [3.05, 3.63) is 29.8 Å². The molecule has 0 atom stereocenters. The highest BCUT2D eigenvalue weighted by molar-refractivity contribution is 5.27. The summed E-state index contributed by atoms with van der Waals surface area (Å²) < 4.78 is 11.2. The molecule has 0 aromatic heterocycles. The smallest absolute Gasteiger partial charge is 0.119 e. The van der Waals surface area contributed by atoms with Gasteiger partial charge < -0.3 is 15.2 Å². The van der Waals surface area contributed by atoms with Gasteiger partial charge in [0.05, 0.1) is 12.2 Å². The monoisotopic (exact) mass is 237 g/mol. The largest absolute Gasteiger partial charge is 0.491 e. The molecule has 0 bridgehead atoms. The summed E-state index contributed by atoms with van der Waals surface area (Å²) in [6.45, 7) is 7.97. The lowest BCUT2D eigenvalue weighted by molar-refractivity contribution is -0.0163. The first-order valence-corrected chi connectivity index (χ1v) is 6.07. The molecule has 17 heavy (non-hydrogen) atoms. The van der Waals surface area contributed by atoms with Gasteiger partial charge in [0.15, 0.2) is 0 Å². The minimum absolute atomic E-state index is 0.103. The zero-order chi connectivity index (χ0) is 12.7. The molecule has 96 valence electrons. The average molecular weight is 237 g/mol. The van der Waals surface area contributed by atoms with E-state index in [0.717, 1.165) is 12.2 Å². The van der Waals surface area contributed by atoms with Crippen LogP contribution in [0.1, 0.15) is 26.3 Å². The minimum Gasteiger partial charge on any atom is -0.491 e. The van der Waals surface area contributed by atoms with E-state index in [4.69, 9.17) is 15.2 Å². The highest BCUT2D eigenvalue weighted by atomic mass is 16.5. The third-order valence-corrected chi connectivity index (χ3v) is 2.24. The lowest BCUT2D eigenvalue weighted by atomic mass is 10.1. The van der Waals surface area contributed by atoms with E-state index in [-0.39, 0.29) is 5.60 Å². The van der Waals surface area contributed by atoms with Crippen molar-refractivity contribution in [3.63, 3.8) is 0 Å². The molecule has 0 saturated carbocycles. The van der Waals surface area contributed by atoms with E-state index in [1.807, 2.05) is 45.0 Å². The van der Waals surface area contributed by atoms with E-state index >= 15 is 0 Å². The molecule has 0 aliphatic carbocycles. The summed E-state index contributed by atoms with van der Waals surface area (Å²) >= 11 is 0. The second-order valence-electron chi connectivity index (χ2n) is 4.99. The summed E-state index contributed by atoms with van der Waals surface area (Å²) in [6.07, 6.45) is 0.910. The maximum Gasteiger partial charge on any atom is 0.119 e. The van der Waals surface area contributed by atoms with Gasteiger partial charge in [-0.2, -0.15) is 0 Å². The quantitative estimate of drug-likeness (QED) is 0.773. The van der Waals surface area contributed by atoms with E-state index in [9.17, 15) is 0 Å². The maximum absolute atomic E-state index is 5.58. The molecule has 0 aliphatic heterocycles. The Labute approximate surface area is 104 Å². The zero-order valence-corrected chi connectivity index (χ0v) is 11.0. The molecule has 0 radical (unpaired) electrons. The van der Waals surface area contributed by atoms with Crippen LogP contribution in [0.4, 0.5) is 0 Å². The molecule has 0 amide bonds. The van der Waals surface area contributed by atoms with Crippen LogP contribution in [0.2, 0.25) is 0 Å². The number of benzene rings is 1. The first kappa shape index (κ1) is 14.0. The molecular formula is C14H23NO2. The van der Waals surface area contributed by atoms with Crippen LogP contribution >= 0.6 is 0 Å². The molecule has 2 N–H and O–H groups in total. The van der Waals surface area contributed by atoms with E-state index in [1.54, 1.807) is 0 Å². The molecule has 0 spiro atoms. The fraction of sp³-hybridized carbons (Fsp3) is 0.571. The normalized spacial score (nSPS) is 11.5. The SMILES string of the molecule is CC(C)(C)OCCOc1ccc(CCN)cc1. The van der Waals surface area contributed by atoms with Crippen molar-refractivity contribution in [1.82, 2.24) is 0 Å². The minimum atomic E-state index is -0.103. The third-order valence-electron chi connectivity index (χ3n) is 2.24. The second kappa shape index (κ2) is 6.62. The Morgan fingerprint density at radius 3 is 2.24 bits per heavy atom. The molecule has 0 saturated heterocycles. The summed E-state index contributed by atoms with van der Waals surface area (Å²) in [5, 5.41) is 0. The van der Waals surface area contributed by atoms with Gasteiger partial charge in [-0.1, -0.05) is 12.1 Å². The van der Waals surface area contributed by atoms with Crippen LogP contribution in [0.3, 0.4) is 0 Å². The first-order valence-electron chi connectivity index (χ1n) is 6.07. The number of nitrogens with two attached hydrogens (primary N) is 1. The van der Waals surface area contributed by atoms with Crippen LogP contribution in [0.5, 0.6) is 5.75 Å². The summed E-state index contributed by atoms with van der Waals surface area (Å²) in [5.41, 5.74) is 6.63. The fourth-order valence-corrected chi connectivity index (χ4v) is 1.43. The van der Waals surface area contributed by atoms with Crippen LogP contribution in [-0.4, -0.2) is 25.4 Å². The highest BCUT2D eigenvalue weighted by Gasteiger charge is 2.09. The maximum atomic E-state index is 5.58. The van der Waals surface area contributed by atoms with Crippen molar-refractivity contribution in [3.8, 4) is 5.75 Å². The molecule has 0 fully saturated rings. The van der Waals surface area contributed by atoms with Gasteiger partial charge in [-0.25, -0.2) is 0 Å². The summed E-state index contributed by atoms with van der Waals surface area (Å²) in [5.74, 6) is 0.878. The van der Waals surface area contributed by atoms with E-state index in [0.29, 0.717) is 19.8 Å². The Kier molecular flexibility index (Phi) is 5.45. The highest BCUT2D eigenvalue weighted by Crippen LogP contribution is 2.13. The third kappa shape index (κ3) is 6.29. The first-order chi connectivity index (χ1) is 8.01. The number of hydrogen-bond acceptors (Lipinski definition) is 3. The number of ether oxygens (including phenoxy) is 2. The van der Waals surface area contributed by atoms with Gasteiger partial charge in [-0.15, -0.1) is 0 Å². The molecule has 0 aliphatic rings. The molecule has 0 heterocycles. The average Bonchev–Trinajstić information content (AvgIpc) is 2.26. The predicted molar refractivity (Wildman–Crippen MR) is 70.4 cm³/mol. The van der Waals surface area contributed by atoms with Gasteiger partial charge in [-0.3, -0.25) is 0 Å². The van der Waals surface area contributed by atoms with Crippen molar-refractivity contribution in [2.24, 2.45) is 5.73 Å². The van der Waals surface area contributed by atoms with Gasteiger partial charge in [0, 0.05) is 0 Å². The van der Waals surface area contributed by atoms with Gasteiger partial charge in [-0.05, 0) is 51.4 Å². The summed E-state index contributed by atoms with van der Waals surface area (Å²) in [4.78, 5) is 0. The Morgan fingerprint density at radius 1 is 1.06 bits per heavy atom. The van der Waals surface area contributed by atoms with Crippen molar-refractivity contribution >= 4 is 0 Å². The predicted octanol–water partition coefficient (Wildman–Crippen LogP) is 2.38. The van der Waals surface area contributed by atoms with Crippen LogP contribution in [0.15, 0.2) is 24.3 Å². The van der Waals surface area contributed by atoms with Crippen LogP contribution in [-0.2, 0) is 11.2 Å². The molecule has 3 heteroatoms.